The Kier molecular flexibility index (Phi) is 2.78. The van der Waals surface area contributed by atoms with Crippen LogP contribution in [0, 0.1) is 0 Å². The van der Waals surface area contributed by atoms with E-state index in [0.717, 1.165) is 17.9 Å². The van der Waals surface area contributed by atoms with Gasteiger partial charge in [-0.2, -0.15) is 5.10 Å². The number of aryl methyl sites for hydroxylation is 1. The van der Waals surface area contributed by atoms with E-state index >= 15 is 0 Å². The molecule has 0 aromatic carbocycles. The molecule has 0 radical (unpaired) electrons. The third kappa shape index (κ3) is 2.75. The number of rotatable bonds is 4. The lowest BCUT2D eigenvalue weighted by atomic mass is 10.3. The molecule has 7 heteroatoms. The van der Waals surface area contributed by atoms with Crippen LogP contribution in [0.1, 0.15) is 24.0 Å². The zero-order valence-corrected chi connectivity index (χ0v) is 7.44. The van der Waals surface area contributed by atoms with Gasteiger partial charge >= 0.3 is 5.97 Å². The maximum atomic E-state index is 12.4. The molecule has 1 N–H and O–H groups in total. The zero-order chi connectivity index (χ0) is 10.8. The first-order valence-electron chi connectivity index (χ1n) is 3.89. The summed E-state index contributed by atoms with van der Waals surface area (Å²) in [7, 11) is 0. The van der Waals surface area contributed by atoms with Crippen molar-refractivity contribution in [2.24, 2.45) is 0 Å². The molecule has 0 atom stereocenters. The lowest BCUT2D eigenvalue weighted by Crippen LogP contribution is -2.18. The maximum Gasteiger partial charge on any atom is 0.373 e. The number of carboxylic acid groups (broad SMARTS) is 1. The monoisotopic (exact) mass is 205 g/mol. The molecular weight excluding hydrogens is 196 g/mol. The Balaban J connectivity index is 2.68. The minimum atomic E-state index is -2.83. The molecule has 78 valence electrons. The topological polar surface area (TPSA) is 68.0 Å². The summed E-state index contributed by atoms with van der Waals surface area (Å²) in [6.07, 6.45) is 0.563. The first kappa shape index (κ1) is 10.6. The molecule has 1 aromatic heterocycles. The van der Waals surface area contributed by atoms with E-state index in [2.05, 4.69) is 10.1 Å². The number of hydrogen-bond acceptors (Lipinski definition) is 3. The van der Waals surface area contributed by atoms with Crippen LogP contribution >= 0.6 is 0 Å². The van der Waals surface area contributed by atoms with E-state index in [0.29, 0.717) is 0 Å². The second-order valence-electron chi connectivity index (χ2n) is 2.93. The van der Waals surface area contributed by atoms with Crippen LogP contribution in [0.3, 0.4) is 0 Å². The Morgan fingerprint density at radius 3 is 2.86 bits per heavy atom. The van der Waals surface area contributed by atoms with Gasteiger partial charge in [0.1, 0.15) is 6.33 Å². The van der Waals surface area contributed by atoms with E-state index in [9.17, 15) is 13.6 Å². The van der Waals surface area contributed by atoms with Crippen LogP contribution in [0.15, 0.2) is 6.33 Å². The Bertz CT molecular complexity index is 332. The summed E-state index contributed by atoms with van der Waals surface area (Å²) in [5, 5.41) is 12.1. The Morgan fingerprint density at radius 2 is 2.36 bits per heavy atom. The number of alkyl halides is 2. The minimum Gasteiger partial charge on any atom is -0.475 e. The van der Waals surface area contributed by atoms with Crippen molar-refractivity contribution in [2.45, 2.75) is 25.8 Å². The van der Waals surface area contributed by atoms with Crippen molar-refractivity contribution in [1.82, 2.24) is 14.8 Å². The zero-order valence-electron chi connectivity index (χ0n) is 7.44. The average Bonchev–Trinajstić information content (AvgIpc) is 2.46. The molecule has 0 saturated heterocycles. The maximum absolute atomic E-state index is 12.4. The summed E-state index contributed by atoms with van der Waals surface area (Å²) < 4.78 is 25.8. The first-order valence-corrected chi connectivity index (χ1v) is 3.89. The lowest BCUT2D eigenvalue weighted by molar-refractivity contribution is 0.00724. The van der Waals surface area contributed by atoms with Crippen molar-refractivity contribution >= 4 is 5.97 Å². The molecule has 0 amide bonds. The normalized spacial score (nSPS) is 11.6. The van der Waals surface area contributed by atoms with Crippen molar-refractivity contribution in [3.05, 3.63) is 12.2 Å². The Morgan fingerprint density at radius 1 is 1.71 bits per heavy atom. The molecule has 0 saturated carbocycles. The van der Waals surface area contributed by atoms with E-state index in [1.807, 2.05) is 0 Å². The molecule has 0 aliphatic carbocycles. The van der Waals surface area contributed by atoms with Gasteiger partial charge in [-0.15, -0.1) is 0 Å². The smallest absolute Gasteiger partial charge is 0.373 e. The number of carbonyl (C=O) groups is 1. The SMILES string of the molecule is CC(F)(F)CCn1ncnc1C(=O)O. The number of aromatic carboxylic acids is 1. The van der Waals surface area contributed by atoms with Gasteiger partial charge in [-0.25, -0.2) is 23.2 Å². The highest BCUT2D eigenvalue weighted by atomic mass is 19.3. The van der Waals surface area contributed by atoms with Gasteiger partial charge in [0.05, 0.1) is 0 Å². The number of hydrogen-bond donors (Lipinski definition) is 1. The van der Waals surface area contributed by atoms with Crippen LogP contribution in [-0.2, 0) is 6.54 Å². The van der Waals surface area contributed by atoms with E-state index in [1.165, 1.54) is 0 Å². The molecule has 0 aliphatic rings. The first-order chi connectivity index (χ1) is 6.40. The summed E-state index contributed by atoms with van der Waals surface area (Å²) in [6.45, 7) is 0.607. The van der Waals surface area contributed by atoms with Crippen LogP contribution in [0.4, 0.5) is 8.78 Å². The number of halogens is 2. The summed E-state index contributed by atoms with van der Waals surface area (Å²) in [5.41, 5.74) is 0. The Hall–Kier alpha value is -1.53. The average molecular weight is 205 g/mol. The molecule has 1 aromatic rings. The highest BCUT2D eigenvalue weighted by Gasteiger charge is 2.22. The van der Waals surface area contributed by atoms with Gasteiger partial charge < -0.3 is 5.11 Å². The molecule has 0 bridgehead atoms. The molecule has 1 heterocycles. The summed E-state index contributed by atoms with van der Waals surface area (Å²) in [5.74, 6) is -4.43. The van der Waals surface area contributed by atoms with Crippen molar-refractivity contribution in [1.29, 1.82) is 0 Å². The molecule has 14 heavy (non-hydrogen) atoms. The standard InChI is InChI=1S/C7H9F2N3O2/c1-7(8,9)2-3-12-5(6(13)14)10-4-11-12/h4H,2-3H2,1H3,(H,13,14). The van der Waals surface area contributed by atoms with Gasteiger partial charge in [0.25, 0.3) is 0 Å². The van der Waals surface area contributed by atoms with E-state index in [-0.39, 0.29) is 12.4 Å². The third-order valence-corrected chi connectivity index (χ3v) is 1.57. The molecule has 0 unspecified atom stereocenters. The van der Waals surface area contributed by atoms with Gasteiger partial charge in [-0.05, 0) is 6.92 Å². The summed E-state index contributed by atoms with van der Waals surface area (Å²) in [4.78, 5) is 13.9. The van der Waals surface area contributed by atoms with Gasteiger partial charge in [0.2, 0.25) is 11.7 Å². The highest BCUT2D eigenvalue weighted by Crippen LogP contribution is 2.17. The molecule has 0 fully saturated rings. The van der Waals surface area contributed by atoms with Crippen LogP contribution in [0.5, 0.6) is 0 Å². The fraction of sp³-hybridized carbons (Fsp3) is 0.571. The molecule has 1 rings (SSSR count). The number of carboxylic acids is 1. The predicted octanol–water partition coefficient (Wildman–Crippen LogP) is 1.02. The van der Waals surface area contributed by atoms with Gasteiger partial charge in [0, 0.05) is 13.0 Å². The summed E-state index contributed by atoms with van der Waals surface area (Å²) >= 11 is 0. The van der Waals surface area contributed by atoms with E-state index in [1.54, 1.807) is 0 Å². The van der Waals surface area contributed by atoms with Crippen molar-refractivity contribution < 1.29 is 18.7 Å². The summed E-state index contributed by atoms with van der Waals surface area (Å²) in [6, 6.07) is 0. The van der Waals surface area contributed by atoms with Gasteiger partial charge in [-0.3, -0.25) is 0 Å². The molecular formula is C7H9F2N3O2. The Labute approximate surface area is 78.4 Å². The van der Waals surface area contributed by atoms with Crippen LogP contribution in [-0.4, -0.2) is 31.8 Å². The third-order valence-electron chi connectivity index (χ3n) is 1.57. The van der Waals surface area contributed by atoms with Gasteiger partial charge in [0.15, 0.2) is 0 Å². The van der Waals surface area contributed by atoms with Gasteiger partial charge in [-0.1, -0.05) is 0 Å². The fourth-order valence-corrected chi connectivity index (χ4v) is 0.896. The van der Waals surface area contributed by atoms with Crippen molar-refractivity contribution in [3.8, 4) is 0 Å². The molecule has 5 nitrogen and oxygen atoms in total. The second-order valence-corrected chi connectivity index (χ2v) is 2.93. The van der Waals surface area contributed by atoms with Crippen molar-refractivity contribution in [3.63, 3.8) is 0 Å². The molecule has 0 spiro atoms. The number of nitrogens with zero attached hydrogens (tertiary/aromatic N) is 3. The van der Waals surface area contributed by atoms with E-state index < -0.39 is 18.3 Å². The second kappa shape index (κ2) is 3.69. The quantitative estimate of drug-likeness (QED) is 0.796. The van der Waals surface area contributed by atoms with E-state index in [4.69, 9.17) is 5.11 Å². The minimum absolute atomic E-state index is 0.162. The number of aromatic nitrogens is 3. The predicted molar refractivity (Wildman–Crippen MR) is 42.2 cm³/mol. The van der Waals surface area contributed by atoms with Crippen LogP contribution < -0.4 is 0 Å². The largest absolute Gasteiger partial charge is 0.475 e. The van der Waals surface area contributed by atoms with Crippen molar-refractivity contribution in [2.75, 3.05) is 0 Å². The fourth-order valence-electron chi connectivity index (χ4n) is 0.896. The lowest BCUT2D eigenvalue weighted by Gasteiger charge is -2.09. The molecule has 0 aliphatic heterocycles. The highest BCUT2D eigenvalue weighted by molar-refractivity contribution is 5.83. The van der Waals surface area contributed by atoms with Crippen LogP contribution in [0.25, 0.3) is 0 Å². The van der Waals surface area contributed by atoms with Crippen LogP contribution in [0.2, 0.25) is 0 Å².